The number of piperazine rings is 1. The lowest BCUT2D eigenvalue weighted by molar-refractivity contribution is -0.141. The molecule has 2 fully saturated rings. The van der Waals surface area contributed by atoms with Crippen molar-refractivity contribution >= 4 is 5.91 Å². The number of nitrogens with zero attached hydrogens (tertiary/aromatic N) is 3. The number of pyridine rings is 1. The molecule has 1 amide bonds. The van der Waals surface area contributed by atoms with Crippen molar-refractivity contribution in [2.24, 2.45) is 0 Å². The van der Waals surface area contributed by atoms with Crippen LogP contribution in [0.1, 0.15) is 78.3 Å². The van der Waals surface area contributed by atoms with E-state index < -0.39 is 11.9 Å². The summed E-state index contributed by atoms with van der Waals surface area (Å²) in [5, 5.41) is 3.41. The Morgan fingerprint density at radius 2 is 1.92 bits per heavy atom. The molecule has 2 saturated heterocycles. The van der Waals surface area contributed by atoms with Crippen molar-refractivity contribution in [3.8, 4) is 5.75 Å². The molecule has 2 aromatic rings. The summed E-state index contributed by atoms with van der Waals surface area (Å²) in [6, 6.07) is 7.36. The van der Waals surface area contributed by atoms with Gasteiger partial charge in [0.25, 0.3) is 5.91 Å². The van der Waals surface area contributed by atoms with Crippen molar-refractivity contribution in [2.45, 2.75) is 77.7 Å². The first-order chi connectivity index (χ1) is 18.1. The Kier molecular flexibility index (Phi) is 8.98. The zero-order valence-electron chi connectivity index (χ0n) is 22.8. The van der Waals surface area contributed by atoms with E-state index in [9.17, 15) is 18.0 Å². The van der Waals surface area contributed by atoms with Crippen LogP contribution in [0.4, 0.5) is 13.2 Å². The summed E-state index contributed by atoms with van der Waals surface area (Å²) < 4.78 is 44.6. The van der Waals surface area contributed by atoms with E-state index in [1.54, 1.807) is 4.90 Å². The van der Waals surface area contributed by atoms with Gasteiger partial charge in [-0.15, -0.1) is 0 Å². The van der Waals surface area contributed by atoms with Crippen LogP contribution in [0.25, 0.3) is 0 Å². The molecule has 208 valence electrons. The van der Waals surface area contributed by atoms with Crippen molar-refractivity contribution < 1.29 is 22.7 Å². The predicted molar refractivity (Wildman–Crippen MR) is 141 cm³/mol. The van der Waals surface area contributed by atoms with Crippen molar-refractivity contribution in [3.05, 3.63) is 58.4 Å². The molecule has 0 bridgehead atoms. The molecule has 2 aliphatic rings. The third-order valence-corrected chi connectivity index (χ3v) is 7.80. The molecule has 6 nitrogen and oxygen atoms in total. The number of hydrogen-bond acceptors (Lipinski definition) is 5. The SMILES string of the molecule is Cc1c(OCCCNC(C)C)ccc([C@H]2CCC[C@H]3CN(C(=O)c4ccc(C(F)(F)F)nc4)CCN32)c1C. The third-order valence-electron chi connectivity index (χ3n) is 7.80. The lowest BCUT2D eigenvalue weighted by atomic mass is 9.86. The molecule has 3 heterocycles. The second kappa shape index (κ2) is 12.0. The Hall–Kier alpha value is -2.65. The van der Waals surface area contributed by atoms with Crippen molar-refractivity contribution in [1.82, 2.24) is 20.1 Å². The summed E-state index contributed by atoms with van der Waals surface area (Å²) in [6.45, 7) is 12.0. The van der Waals surface area contributed by atoms with E-state index in [1.165, 1.54) is 22.8 Å². The Morgan fingerprint density at radius 1 is 1.13 bits per heavy atom. The normalized spacial score (nSPS) is 20.5. The number of carbonyl (C=O) groups excluding carboxylic acids is 1. The number of piperidine rings is 1. The molecule has 1 N–H and O–H groups in total. The summed E-state index contributed by atoms with van der Waals surface area (Å²) in [5.41, 5.74) is 2.95. The van der Waals surface area contributed by atoms with E-state index >= 15 is 0 Å². The summed E-state index contributed by atoms with van der Waals surface area (Å²) in [4.78, 5) is 20.8. The van der Waals surface area contributed by atoms with Gasteiger partial charge in [0.05, 0.1) is 12.2 Å². The standard InChI is InChI=1S/C29H39F3N4O2/c1-19(2)33-13-6-16-38-26-11-10-24(20(3)21(26)4)25-8-5-7-23-18-35(14-15-36(23)25)28(37)22-9-12-27(34-17-22)29(30,31)32/h9-12,17,19,23,25,33H,5-8,13-16,18H2,1-4H3/t23-,25+/m0/s1. The number of halogens is 3. The number of ether oxygens (including phenoxy) is 1. The smallest absolute Gasteiger partial charge is 0.433 e. The third kappa shape index (κ3) is 6.49. The summed E-state index contributed by atoms with van der Waals surface area (Å²) in [7, 11) is 0. The van der Waals surface area contributed by atoms with Gasteiger partial charge in [-0.25, -0.2) is 0 Å². The summed E-state index contributed by atoms with van der Waals surface area (Å²) in [5.74, 6) is 0.675. The fourth-order valence-electron chi connectivity index (χ4n) is 5.62. The van der Waals surface area contributed by atoms with Crippen LogP contribution < -0.4 is 10.1 Å². The fourth-order valence-corrected chi connectivity index (χ4v) is 5.62. The molecular formula is C29H39F3N4O2. The van der Waals surface area contributed by atoms with Crippen molar-refractivity contribution in [3.63, 3.8) is 0 Å². The van der Waals surface area contributed by atoms with Crippen LogP contribution in [-0.4, -0.2) is 65.6 Å². The summed E-state index contributed by atoms with van der Waals surface area (Å²) >= 11 is 0. The molecule has 38 heavy (non-hydrogen) atoms. The number of carbonyl (C=O) groups is 1. The average Bonchev–Trinajstić information content (AvgIpc) is 2.89. The first-order valence-electron chi connectivity index (χ1n) is 13.6. The second-order valence-corrected chi connectivity index (χ2v) is 10.7. The van der Waals surface area contributed by atoms with E-state index in [2.05, 4.69) is 55.0 Å². The molecule has 0 radical (unpaired) electrons. The number of benzene rings is 1. The van der Waals surface area contributed by atoms with Crippen molar-refractivity contribution in [2.75, 3.05) is 32.8 Å². The van der Waals surface area contributed by atoms with Crippen LogP contribution in [-0.2, 0) is 6.18 Å². The number of rotatable bonds is 8. The first kappa shape index (κ1) is 28.4. The fraction of sp³-hybridized carbons (Fsp3) is 0.586. The highest BCUT2D eigenvalue weighted by atomic mass is 19.4. The minimum atomic E-state index is -4.52. The minimum Gasteiger partial charge on any atom is -0.493 e. The molecule has 4 rings (SSSR count). The van der Waals surface area contributed by atoms with Gasteiger partial charge in [-0.2, -0.15) is 13.2 Å². The van der Waals surface area contributed by atoms with E-state index in [1.807, 2.05) is 0 Å². The zero-order chi connectivity index (χ0) is 27.4. The van der Waals surface area contributed by atoms with Gasteiger partial charge in [0.1, 0.15) is 11.4 Å². The number of aromatic nitrogens is 1. The number of amides is 1. The maximum Gasteiger partial charge on any atom is 0.433 e. The van der Waals surface area contributed by atoms with Crippen LogP contribution in [0, 0.1) is 13.8 Å². The quantitative estimate of drug-likeness (QED) is 0.453. The highest BCUT2D eigenvalue weighted by Gasteiger charge is 2.38. The monoisotopic (exact) mass is 532 g/mol. The highest BCUT2D eigenvalue weighted by Crippen LogP contribution is 2.39. The Morgan fingerprint density at radius 3 is 2.61 bits per heavy atom. The zero-order valence-corrected chi connectivity index (χ0v) is 22.8. The minimum absolute atomic E-state index is 0.195. The first-order valence-corrected chi connectivity index (χ1v) is 13.6. The van der Waals surface area contributed by atoms with Gasteiger partial charge >= 0.3 is 6.18 Å². The van der Waals surface area contributed by atoms with Gasteiger partial charge in [-0.1, -0.05) is 19.9 Å². The van der Waals surface area contributed by atoms with Gasteiger partial charge in [0.2, 0.25) is 0 Å². The molecule has 2 atom stereocenters. The maximum absolute atomic E-state index is 13.1. The molecule has 0 unspecified atom stereocenters. The van der Waals surface area contributed by atoms with Crippen LogP contribution in [0.2, 0.25) is 0 Å². The predicted octanol–water partition coefficient (Wildman–Crippen LogP) is 5.54. The molecule has 0 saturated carbocycles. The second-order valence-electron chi connectivity index (χ2n) is 10.7. The molecule has 0 aliphatic carbocycles. The van der Waals surface area contributed by atoms with E-state index in [-0.39, 0.29) is 23.6 Å². The van der Waals surface area contributed by atoms with E-state index in [4.69, 9.17) is 4.74 Å². The molecule has 0 spiro atoms. The lowest BCUT2D eigenvalue weighted by Gasteiger charge is -2.48. The Bertz CT molecular complexity index is 1100. The molecular weight excluding hydrogens is 493 g/mol. The summed E-state index contributed by atoms with van der Waals surface area (Å²) in [6.07, 6.45) is 0.598. The van der Waals surface area contributed by atoms with Crippen LogP contribution >= 0.6 is 0 Å². The molecule has 1 aromatic heterocycles. The Labute approximate surface area is 223 Å². The van der Waals surface area contributed by atoms with Crippen LogP contribution in [0.3, 0.4) is 0 Å². The molecule has 2 aliphatic heterocycles. The van der Waals surface area contributed by atoms with Gasteiger partial charge in [-0.05, 0) is 81.0 Å². The van der Waals surface area contributed by atoms with Gasteiger partial charge in [0.15, 0.2) is 0 Å². The molecule has 9 heteroatoms. The van der Waals surface area contributed by atoms with E-state index in [0.29, 0.717) is 25.7 Å². The largest absolute Gasteiger partial charge is 0.493 e. The number of nitrogens with one attached hydrogen (secondary N) is 1. The lowest BCUT2D eigenvalue weighted by Crippen LogP contribution is -2.57. The topological polar surface area (TPSA) is 57.7 Å². The van der Waals surface area contributed by atoms with E-state index in [0.717, 1.165) is 56.8 Å². The van der Waals surface area contributed by atoms with Gasteiger partial charge < -0.3 is 15.0 Å². The maximum atomic E-state index is 13.1. The van der Waals surface area contributed by atoms with Crippen LogP contribution in [0.5, 0.6) is 5.75 Å². The number of alkyl halides is 3. The highest BCUT2D eigenvalue weighted by molar-refractivity contribution is 5.94. The van der Waals surface area contributed by atoms with Crippen molar-refractivity contribution in [1.29, 1.82) is 0 Å². The number of fused-ring (bicyclic) bond motifs is 1. The van der Waals surface area contributed by atoms with Gasteiger partial charge in [0, 0.05) is 44.0 Å². The van der Waals surface area contributed by atoms with Gasteiger partial charge in [-0.3, -0.25) is 14.7 Å². The Balaban J connectivity index is 1.40. The molecule has 1 aromatic carbocycles. The number of hydrogen-bond donors (Lipinski definition) is 1. The van der Waals surface area contributed by atoms with Crippen LogP contribution in [0.15, 0.2) is 30.5 Å². The average molecular weight is 533 g/mol.